The highest BCUT2D eigenvalue weighted by molar-refractivity contribution is 5.08. The maximum atomic E-state index is 5.82. The zero-order chi connectivity index (χ0) is 13.1. The van der Waals surface area contributed by atoms with Crippen LogP contribution in [-0.2, 0) is 19.6 Å². The fraction of sp³-hybridized carbons (Fsp3) is 0.467. The van der Waals surface area contributed by atoms with Crippen LogP contribution in [0.15, 0.2) is 39.4 Å². The number of furan rings is 2. The van der Waals surface area contributed by atoms with Crippen LogP contribution in [0.3, 0.4) is 0 Å². The summed E-state index contributed by atoms with van der Waals surface area (Å²) in [5.74, 6) is 3.05. The SMILES string of the molecule is CNCc1ccc(CN(Cc2ccco2)C2CC2)o1. The highest BCUT2D eigenvalue weighted by atomic mass is 16.3. The van der Waals surface area contributed by atoms with Gasteiger partial charge in [0.1, 0.15) is 17.3 Å². The van der Waals surface area contributed by atoms with Crippen LogP contribution in [0, 0.1) is 0 Å². The van der Waals surface area contributed by atoms with Crippen LogP contribution >= 0.6 is 0 Å². The molecular weight excluding hydrogens is 240 g/mol. The van der Waals surface area contributed by atoms with E-state index in [1.165, 1.54) is 12.8 Å². The van der Waals surface area contributed by atoms with E-state index in [0.717, 1.165) is 36.9 Å². The Balaban J connectivity index is 1.63. The van der Waals surface area contributed by atoms with Gasteiger partial charge in [-0.05, 0) is 44.2 Å². The Morgan fingerprint density at radius 1 is 1.16 bits per heavy atom. The maximum absolute atomic E-state index is 5.82. The largest absolute Gasteiger partial charge is 0.468 e. The van der Waals surface area contributed by atoms with Gasteiger partial charge in [0, 0.05) is 6.04 Å². The monoisotopic (exact) mass is 260 g/mol. The summed E-state index contributed by atoms with van der Waals surface area (Å²) >= 11 is 0. The summed E-state index contributed by atoms with van der Waals surface area (Å²) in [4.78, 5) is 2.43. The van der Waals surface area contributed by atoms with Crippen LogP contribution in [0.1, 0.15) is 30.1 Å². The summed E-state index contributed by atoms with van der Waals surface area (Å²) in [7, 11) is 1.93. The van der Waals surface area contributed by atoms with Crippen molar-refractivity contribution in [2.75, 3.05) is 7.05 Å². The lowest BCUT2D eigenvalue weighted by Gasteiger charge is -2.19. The van der Waals surface area contributed by atoms with Crippen LogP contribution in [0.25, 0.3) is 0 Å². The van der Waals surface area contributed by atoms with E-state index < -0.39 is 0 Å². The lowest BCUT2D eigenvalue weighted by Crippen LogP contribution is -2.24. The Hall–Kier alpha value is -1.52. The van der Waals surface area contributed by atoms with Crippen LogP contribution in [0.4, 0.5) is 0 Å². The second-order valence-corrected chi connectivity index (χ2v) is 5.11. The third-order valence-corrected chi connectivity index (χ3v) is 3.43. The molecule has 0 spiro atoms. The highest BCUT2D eigenvalue weighted by Gasteiger charge is 2.30. The molecule has 2 aromatic rings. The Morgan fingerprint density at radius 3 is 2.63 bits per heavy atom. The van der Waals surface area contributed by atoms with Crippen molar-refractivity contribution in [2.24, 2.45) is 0 Å². The lowest BCUT2D eigenvalue weighted by atomic mass is 10.3. The molecule has 19 heavy (non-hydrogen) atoms. The first-order valence-electron chi connectivity index (χ1n) is 6.84. The van der Waals surface area contributed by atoms with Gasteiger partial charge >= 0.3 is 0 Å². The van der Waals surface area contributed by atoms with E-state index >= 15 is 0 Å². The van der Waals surface area contributed by atoms with Crippen molar-refractivity contribution < 1.29 is 8.83 Å². The molecule has 102 valence electrons. The molecule has 0 saturated heterocycles. The van der Waals surface area contributed by atoms with Gasteiger partial charge in [-0.1, -0.05) is 0 Å². The summed E-state index contributed by atoms with van der Waals surface area (Å²) in [5, 5.41) is 3.10. The first kappa shape index (κ1) is 12.5. The first-order chi connectivity index (χ1) is 9.35. The average Bonchev–Trinajstić information content (AvgIpc) is 2.95. The molecule has 0 amide bonds. The summed E-state index contributed by atoms with van der Waals surface area (Å²) in [6.07, 6.45) is 4.30. The third kappa shape index (κ3) is 3.28. The second kappa shape index (κ2) is 5.63. The van der Waals surface area contributed by atoms with Gasteiger partial charge in [0.25, 0.3) is 0 Å². The zero-order valence-electron chi connectivity index (χ0n) is 11.3. The smallest absolute Gasteiger partial charge is 0.118 e. The molecule has 1 aliphatic rings. The van der Waals surface area contributed by atoms with Crippen molar-refractivity contribution in [3.05, 3.63) is 47.8 Å². The lowest BCUT2D eigenvalue weighted by molar-refractivity contribution is 0.206. The van der Waals surface area contributed by atoms with E-state index in [0.29, 0.717) is 6.04 Å². The van der Waals surface area contributed by atoms with E-state index in [1.807, 2.05) is 25.2 Å². The number of hydrogen-bond donors (Lipinski definition) is 1. The molecule has 2 heterocycles. The van der Waals surface area contributed by atoms with Crippen LogP contribution in [-0.4, -0.2) is 18.0 Å². The van der Waals surface area contributed by atoms with E-state index in [2.05, 4.69) is 16.3 Å². The summed E-state index contributed by atoms with van der Waals surface area (Å²) < 4.78 is 11.3. The van der Waals surface area contributed by atoms with Gasteiger partial charge in [-0.3, -0.25) is 4.90 Å². The number of hydrogen-bond acceptors (Lipinski definition) is 4. The third-order valence-electron chi connectivity index (χ3n) is 3.43. The summed E-state index contributed by atoms with van der Waals surface area (Å²) in [6, 6.07) is 8.78. The van der Waals surface area contributed by atoms with Crippen LogP contribution in [0.5, 0.6) is 0 Å². The molecule has 2 aromatic heterocycles. The van der Waals surface area contributed by atoms with E-state index in [1.54, 1.807) is 6.26 Å². The quantitative estimate of drug-likeness (QED) is 0.831. The van der Waals surface area contributed by atoms with Gasteiger partial charge < -0.3 is 14.2 Å². The number of nitrogens with zero attached hydrogens (tertiary/aromatic N) is 1. The standard InChI is InChI=1S/C15H20N2O2/c1-16-9-13-6-7-15(19-13)11-17(12-4-5-12)10-14-3-2-8-18-14/h2-3,6-8,12,16H,4-5,9-11H2,1H3. The van der Waals surface area contributed by atoms with Gasteiger partial charge in [0.05, 0.1) is 25.9 Å². The molecule has 4 nitrogen and oxygen atoms in total. The first-order valence-corrected chi connectivity index (χ1v) is 6.84. The Morgan fingerprint density at radius 2 is 1.95 bits per heavy atom. The van der Waals surface area contributed by atoms with Crippen molar-refractivity contribution in [1.29, 1.82) is 0 Å². The minimum atomic E-state index is 0.683. The molecule has 1 aliphatic carbocycles. The van der Waals surface area contributed by atoms with Gasteiger partial charge in [-0.15, -0.1) is 0 Å². The Kier molecular flexibility index (Phi) is 3.71. The fourth-order valence-corrected chi connectivity index (χ4v) is 2.33. The Bertz CT molecular complexity index is 500. The number of nitrogens with one attached hydrogen (secondary N) is 1. The van der Waals surface area contributed by atoms with Crippen LogP contribution in [0.2, 0.25) is 0 Å². The molecular formula is C15H20N2O2. The van der Waals surface area contributed by atoms with E-state index in [9.17, 15) is 0 Å². The minimum Gasteiger partial charge on any atom is -0.468 e. The molecule has 3 rings (SSSR count). The molecule has 1 N–H and O–H groups in total. The topological polar surface area (TPSA) is 41.5 Å². The van der Waals surface area contributed by atoms with Crippen molar-refractivity contribution in [3.8, 4) is 0 Å². The molecule has 0 aliphatic heterocycles. The second-order valence-electron chi connectivity index (χ2n) is 5.11. The maximum Gasteiger partial charge on any atom is 0.118 e. The molecule has 0 unspecified atom stereocenters. The molecule has 0 bridgehead atoms. The summed E-state index contributed by atoms with van der Waals surface area (Å²) in [6.45, 7) is 2.50. The molecule has 1 saturated carbocycles. The molecule has 0 aromatic carbocycles. The van der Waals surface area contributed by atoms with Crippen molar-refractivity contribution in [3.63, 3.8) is 0 Å². The number of rotatable bonds is 7. The van der Waals surface area contributed by atoms with Crippen molar-refractivity contribution in [2.45, 2.75) is 38.5 Å². The van der Waals surface area contributed by atoms with Gasteiger partial charge in [-0.25, -0.2) is 0 Å². The van der Waals surface area contributed by atoms with Gasteiger partial charge in [0.15, 0.2) is 0 Å². The van der Waals surface area contributed by atoms with Gasteiger partial charge in [-0.2, -0.15) is 0 Å². The summed E-state index contributed by atoms with van der Waals surface area (Å²) in [5.41, 5.74) is 0. The van der Waals surface area contributed by atoms with Crippen LogP contribution < -0.4 is 5.32 Å². The molecule has 4 heteroatoms. The predicted octanol–water partition coefficient (Wildman–Crippen LogP) is 2.76. The fourth-order valence-electron chi connectivity index (χ4n) is 2.33. The molecule has 0 radical (unpaired) electrons. The van der Waals surface area contributed by atoms with E-state index in [-0.39, 0.29) is 0 Å². The zero-order valence-corrected chi connectivity index (χ0v) is 11.3. The minimum absolute atomic E-state index is 0.683. The van der Waals surface area contributed by atoms with Crippen molar-refractivity contribution in [1.82, 2.24) is 10.2 Å². The Labute approximate surface area is 113 Å². The van der Waals surface area contributed by atoms with Crippen molar-refractivity contribution >= 4 is 0 Å². The predicted molar refractivity (Wildman–Crippen MR) is 72.4 cm³/mol. The molecule has 1 fully saturated rings. The highest BCUT2D eigenvalue weighted by Crippen LogP contribution is 2.30. The normalized spacial score (nSPS) is 15.3. The molecule has 0 atom stereocenters. The van der Waals surface area contributed by atoms with Gasteiger partial charge in [0.2, 0.25) is 0 Å². The van der Waals surface area contributed by atoms with E-state index in [4.69, 9.17) is 8.83 Å². The average molecular weight is 260 g/mol.